The van der Waals surface area contributed by atoms with Crippen LogP contribution in [0.3, 0.4) is 0 Å². The largest absolute Gasteiger partial charge is 0.491 e. The monoisotopic (exact) mass is 519 g/mol. The summed E-state index contributed by atoms with van der Waals surface area (Å²) in [5.41, 5.74) is 5.48. The summed E-state index contributed by atoms with van der Waals surface area (Å²) < 4.78 is 27.7. The fraction of sp³-hybridized carbons (Fsp3) is 0.355. The molecule has 2 atom stereocenters. The topological polar surface area (TPSA) is 78.4 Å². The van der Waals surface area contributed by atoms with Crippen molar-refractivity contribution in [2.24, 2.45) is 0 Å². The van der Waals surface area contributed by atoms with Crippen molar-refractivity contribution in [3.63, 3.8) is 0 Å². The molecule has 0 radical (unpaired) electrons. The average Bonchev–Trinajstić information content (AvgIpc) is 3.43. The summed E-state index contributed by atoms with van der Waals surface area (Å²) in [6.07, 6.45) is 1.05. The number of hydrogen-bond donors (Lipinski definition) is 2. The van der Waals surface area contributed by atoms with Gasteiger partial charge in [-0.25, -0.2) is 0 Å². The number of benzene rings is 3. The van der Waals surface area contributed by atoms with Gasteiger partial charge in [0.1, 0.15) is 24.2 Å². The summed E-state index contributed by atoms with van der Waals surface area (Å²) in [4.78, 5) is 0. The van der Waals surface area contributed by atoms with E-state index in [-0.39, 0.29) is 26.2 Å². The Labute approximate surface area is 225 Å². The van der Waals surface area contributed by atoms with E-state index in [4.69, 9.17) is 23.7 Å². The van der Waals surface area contributed by atoms with Gasteiger partial charge in [-0.15, -0.1) is 0 Å². The molecule has 38 heavy (non-hydrogen) atoms. The molecule has 2 N–H and O–H groups in total. The molecule has 7 nitrogen and oxygen atoms in total. The van der Waals surface area contributed by atoms with Crippen LogP contribution in [0.5, 0.6) is 23.0 Å². The molecule has 1 heterocycles. The Morgan fingerprint density at radius 2 is 1.47 bits per heavy atom. The Kier molecular flexibility index (Phi) is 9.65. The van der Waals surface area contributed by atoms with Crippen LogP contribution in [0.15, 0.2) is 66.7 Å². The molecule has 0 amide bonds. The fourth-order valence-electron chi connectivity index (χ4n) is 4.65. The normalized spacial score (nSPS) is 14.6. The summed E-state index contributed by atoms with van der Waals surface area (Å²) in [5, 5.41) is 13.5. The number of likely N-dealkylation sites (N-methyl/N-ethyl adjacent to an activating group) is 1. The Bertz CT molecular complexity index is 1200. The van der Waals surface area contributed by atoms with Crippen molar-refractivity contribution in [3.8, 4) is 23.0 Å². The third-order valence-corrected chi connectivity index (χ3v) is 6.70. The SMILES string of the molecule is CCC(=C(c1ccc(OCOC)cc1)c1ccc(OCC(O)C(CC)NC)cc1)c1ccc2c(c1)OCO2. The summed E-state index contributed by atoms with van der Waals surface area (Å²) in [6, 6.07) is 22.1. The molecular formula is C31H37NO6. The lowest BCUT2D eigenvalue weighted by atomic mass is 9.88. The van der Waals surface area contributed by atoms with Crippen LogP contribution < -0.4 is 24.3 Å². The molecule has 0 saturated carbocycles. The smallest absolute Gasteiger partial charge is 0.231 e. The summed E-state index contributed by atoms with van der Waals surface area (Å²) in [5.74, 6) is 2.97. The average molecular weight is 520 g/mol. The lowest BCUT2D eigenvalue weighted by Gasteiger charge is -2.21. The minimum Gasteiger partial charge on any atom is -0.491 e. The van der Waals surface area contributed by atoms with E-state index in [2.05, 4.69) is 42.6 Å². The fourth-order valence-corrected chi connectivity index (χ4v) is 4.65. The molecule has 0 spiro atoms. The zero-order chi connectivity index (χ0) is 26.9. The molecule has 4 rings (SSSR count). The van der Waals surface area contributed by atoms with Crippen LogP contribution in [0.2, 0.25) is 0 Å². The van der Waals surface area contributed by atoms with Crippen molar-refractivity contribution in [2.75, 3.05) is 34.4 Å². The maximum atomic E-state index is 10.4. The number of allylic oxidation sites excluding steroid dienone is 1. The van der Waals surface area contributed by atoms with Crippen LogP contribution in [-0.4, -0.2) is 51.6 Å². The Morgan fingerprint density at radius 1 is 0.868 bits per heavy atom. The van der Waals surface area contributed by atoms with Gasteiger partial charge in [-0.1, -0.05) is 44.2 Å². The molecule has 2 unspecified atom stereocenters. The minimum atomic E-state index is -0.586. The van der Waals surface area contributed by atoms with E-state index < -0.39 is 6.10 Å². The van der Waals surface area contributed by atoms with E-state index in [1.54, 1.807) is 7.11 Å². The predicted octanol–water partition coefficient (Wildman–Crippen LogP) is 5.50. The summed E-state index contributed by atoms with van der Waals surface area (Å²) in [6.45, 7) is 4.85. The van der Waals surface area contributed by atoms with Gasteiger partial charge < -0.3 is 34.1 Å². The van der Waals surface area contributed by atoms with E-state index in [0.29, 0.717) is 5.75 Å². The van der Waals surface area contributed by atoms with Gasteiger partial charge in [0.05, 0.1) is 0 Å². The molecule has 0 saturated heterocycles. The minimum absolute atomic E-state index is 0.00605. The lowest BCUT2D eigenvalue weighted by molar-refractivity contribution is 0.0511. The van der Waals surface area contributed by atoms with Crippen LogP contribution in [0, 0.1) is 0 Å². The van der Waals surface area contributed by atoms with Gasteiger partial charge in [0.25, 0.3) is 0 Å². The maximum absolute atomic E-state index is 10.4. The zero-order valence-electron chi connectivity index (χ0n) is 22.5. The van der Waals surface area contributed by atoms with Crippen LogP contribution in [0.4, 0.5) is 0 Å². The van der Waals surface area contributed by atoms with Gasteiger partial charge in [0, 0.05) is 13.2 Å². The molecule has 0 aliphatic carbocycles. The molecule has 0 bridgehead atoms. The van der Waals surface area contributed by atoms with Gasteiger partial charge in [0.15, 0.2) is 18.3 Å². The molecule has 202 valence electrons. The van der Waals surface area contributed by atoms with Crippen molar-refractivity contribution in [2.45, 2.75) is 38.8 Å². The Morgan fingerprint density at radius 3 is 2.05 bits per heavy atom. The standard InChI is InChI=1S/C31H37NO6/c1-5-26(23-11-16-29-30(17-23)38-20-37-29)31(22-9-14-25(15-10-22)36-19-34-4)21-7-12-24(13-8-21)35-18-28(33)27(6-2)32-3/h7-17,27-28,32-33H,5-6,18-20H2,1-4H3. The zero-order valence-corrected chi connectivity index (χ0v) is 22.5. The van der Waals surface area contributed by atoms with Crippen LogP contribution in [0.25, 0.3) is 11.1 Å². The second-order valence-electron chi connectivity index (χ2n) is 9.06. The van der Waals surface area contributed by atoms with Crippen molar-refractivity contribution in [3.05, 3.63) is 83.4 Å². The van der Waals surface area contributed by atoms with Gasteiger partial charge in [-0.3, -0.25) is 0 Å². The molecule has 1 aliphatic rings. The number of ether oxygens (including phenoxy) is 5. The first kappa shape index (κ1) is 27.5. The molecule has 3 aromatic carbocycles. The van der Waals surface area contributed by atoms with E-state index in [0.717, 1.165) is 52.4 Å². The van der Waals surface area contributed by atoms with Gasteiger partial charge >= 0.3 is 0 Å². The first-order valence-electron chi connectivity index (χ1n) is 13.0. The molecular weight excluding hydrogens is 482 g/mol. The first-order chi connectivity index (χ1) is 18.6. The number of nitrogens with one attached hydrogen (secondary N) is 1. The highest BCUT2D eigenvalue weighted by atomic mass is 16.7. The van der Waals surface area contributed by atoms with Gasteiger partial charge in [-0.2, -0.15) is 0 Å². The number of aliphatic hydroxyl groups is 1. The van der Waals surface area contributed by atoms with Crippen LogP contribution >= 0.6 is 0 Å². The Hall–Kier alpha value is -3.52. The van der Waals surface area contributed by atoms with E-state index in [1.165, 1.54) is 5.57 Å². The molecule has 7 heteroatoms. The number of methoxy groups -OCH3 is 1. The number of rotatable bonds is 13. The third kappa shape index (κ3) is 6.48. The van der Waals surface area contributed by atoms with Crippen LogP contribution in [-0.2, 0) is 4.74 Å². The highest BCUT2D eigenvalue weighted by Gasteiger charge is 2.19. The number of fused-ring (bicyclic) bond motifs is 1. The number of hydrogen-bond acceptors (Lipinski definition) is 7. The number of aliphatic hydroxyl groups excluding tert-OH is 1. The summed E-state index contributed by atoms with van der Waals surface area (Å²) in [7, 11) is 3.45. The summed E-state index contributed by atoms with van der Waals surface area (Å²) >= 11 is 0. The second-order valence-corrected chi connectivity index (χ2v) is 9.06. The first-order valence-corrected chi connectivity index (χ1v) is 13.0. The molecule has 3 aromatic rings. The van der Waals surface area contributed by atoms with Crippen molar-refractivity contribution >= 4 is 11.1 Å². The quantitative estimate of drug-likeness (QED) is 0.228. The highest BCUT2D eigenvalue weighted by molar-refractivity contribution is 5.99. The predicted molar refractivity (Wildman–Crippen MR) is 149 cm³/mol. The molecule has 0 aromatic heterocycles. The van der Waals surface area contributed by atoms with Gasteiger partial charge in [0.2, 0.25) is 6.79 Å². The van der Waals surface area contributed by atoms with Gasteiger partial charge in [-0.05, 0) is 84.1 Å². The second kappa shape index (κ2) is 13.3. The molecule has 1 aliphatic heterocycles. The molecule has 0 fully saturated rings. The van der Waals surface area contributed by atoms with E-state index in [9.17, 15) is 5.11 Å². The maximum Gasteiger partial charge on any atom is 0.231 e. The van der Waals surface area contributed by atoms with E-state index in [1.807, 2.05) is 50.4 Å². The lowest BCUT2D eigenvalue weighted by Crippen LogP contribution is -2.40. The van der Waals surface area contributed by atoms with Crippen molar-refractivity contribution in [1.29, 1.82) is 0 Å². The van der Waals surface area contributed by atoms with Crippen LogP contribution in [0.1, 0.15) is 43.4 Å². The van der Waals surface area contributed by atoms with Crippen molar-refractivity contribution < 1.29 is 28.8 Å². The van der Waals surface area contributed by atoms with E-state index >= 15 is 0 Å². The Balaban J connectivity index is 1.68. The highest BCUT2D eigenvalue weighted by Crippen LogP contribution is 2.40. The van der Waals surface area contributed by atoms with Crippen molar-refractivity contribution in [1.82, 2.24) is 5.32 Å². The third-order valence-electron chi connectivity index (χ3n) is 6.70.